The lowest BCUT2D eigenvalue weighted by atomic mass is 9.96. The molecule has 4 aromatic carbocycles. The second kappa shape index (κ2) is 22.7. The molecule has 0 heterocycles. The average Bonchev–Trinajstić information content (AvgIpc) is 3.48. The number of allylic oxidation sites excluding steroid dienone is 1. The Kier molecular flexibility index (Phi) is 18.0. The van der Waals surface area contributed by atoms with Gasteiger partial charge < -0.3 is 16.0 Å². The highest BCUT2D eigenvalue weighted by Gasteiger charge is 2.48. The molecule has 0 aliphatic heterocycles. The zero-order chi connectivity index (χ0) is 45.8. The van der Waals surface area contributed by atoms with Crippen LogP contribution in [0.4, 0.5) is 24.5 Å². The number of alkyl halides is 3. The first-order valence-corrected chi connectivity index (χ1v) is 25.4. The number of hydrogen-bond acceptors (Lipinski definition) is 10. The molecule has 10 nitrogen and oxygen atoms in total. The molecular weight excluding hydrogens is 891 g/mol. The zero-order valence-electron chi connectivity index (χ0n) is 36.0. The van der Waals surface area contributed by atoms with Crippen molar-refractivity contribution in [2.75, 3.05) is 42.6 Å². The first-order valence-electron chi connectivity index (χ1n) is 21.1. The van der Waals surface area contributed by atoms with E-state index in [1.165, 1.54) is 47.0 Å². The molecule has 5 rings (SSSR count). The Labute approximate surface area is 379 Å². The summed E-state index contributed by atoms with van der Waals surface area (Å²) >= 11 is 7.57. The second-order valence-electron chi connectivity index (χ2n) is 16.1. The summed E-state index contributed by atoms with van der Waals surface area (Å²) in [5, 5.41) is 10.5. The molecular formula is C46H57ClF3N5O5S3. The highest BCUT2D eigenvalue weighted by atomic mass is 35.5. The molecule has 342 valence electrons. The molecule has 0 saturated heterocycles. The Bertz CT molecular complexity index is 2370. The fourth-order valence-electron chi connectivity index (χ4n) is 7.54. The number of anilines is 2. The summed E-state index contributed by atoms with van der Waals surface area (Å²) in [6.45, 7) is 10.7. The summed E-state index contributed by atoms with van der Waals surface area (Å²) in [6, 6.07) is 25.6. The standard InChI is InChI=1S/C46H57ClF3N5O5S3/c1-32(2)55(33(3)4)28-25-39(31-61-40-12-8-6-9-13-40)53-43-24-23-41(29-44(43)62(57,58)46(48,49)50)63(59,60)54-45(56)35-17-21-38(22-18-35)52-27-26-51-30-36-11-7-5-10-14-42(36)34-15-19-37(47)20-16-34/h6,8-9,12-13,15-24,29,32-33,39,51-53H,5,7,10-11,14,25-28,30-31H2,1-4H3,(H,54,56)/t39-/m1/s1. The largest absolute Gasteiger partial charge is 0.501 e. The molecule has 1 atom stereocenters. The number of nitrogens with one attached hydrogen (secondary N) is 4. The van der Waals surface area contributed by atoms with Crippen LogP contribution in [0.25, 0.3) is 5.57 Å². The maximum Gasteiger partial charge on any atom is 0.501 e. The van der Waals surface area contributed by atoms with Gasteiger partial charge in [0.25, 0.3) is 25.8 Å². The van der Waals surface area contributed by atoms with Gasteiger partial charge in [-0.1, -0.05) is 53.9 Å². The summed E-state index contributed by atoms with van der Waals surface area (Å²) in [5.41, 5.74) is -1.55. The Morgan fingerprint density at radius 3 is 2.14 bits per heavy atom. The van der Waals surface area contributed by atoms with Gasteiger partial charge in [-0.3, -0.25) is 9.69 Å². The number of carbonyl (C=O) groups is 1. The van der Waals surface area contributed by atoms with Gasteiger partial charge >= 0.3 is 5.51 Å². The highest BCUT2D eigenvalue weighted by molar-refractivity contribution is 7.99. The Hall–Kier alpha value is -4.06. The monoisotopic (exact) mass is 947 g/mol. The Morgan fingerprint density at radius 2 is 1.49 bits per heavy atom. The topological polar surface area (TPSA) is 137 Å². The fraction of sp³-hybridized carbons (Fsp3) is 0.413. The lowest BCUT2D eigenvalue weighted by Crippen LogP contribution is -2.40. The third kappa shape index (κ3) is 14.2. The van der Waals surface area contributed by atoms with Gasteiger partial charge in [-0.25, -0.2) is 21.6 Å². The first-order chi connectivity index (χ1) is 29.9. The van der Waals surface area contributed by atoms with Crippen LogP contribution >= 0.6 is 23.4 Å². The summed E-state index contributed by atoms with van der Waals surface area (Å²) in [4.78, 5) is 14.2. The van der Waals surface area contributed by atoms with Gasteiger partial charge in [0.1, 0.15) is 4.90 Å². The van der Waals surface area contributed by atoms with Crippen LogP contribution in [-0.4, -0.2) is 83.2 Å². The maximum absolute atomic E-state index is 14.2. The van der Waals surface area contributed by atoms with Crippen LogP contribution in [0.3, 0.4) is 0 Å². The number of rotatable bonds is 21. The van der Waals surface area contributed by atoms with E-state index in [1.54, 1.807) is 12.1 Å². The van der Waals surface area contributed by atoms with Crippen LogP contribution in [0.2, 0.25) is 5.02 Å². The van der Waals surface area contributed by atoms with Crippen molar-refractivity contribution in [1.29, 1.82) is 0 Å². The van der Waals surface area contributed by atoms with Gasteiger partial charge in [-0.2, -0.15) is 13.2 Å². The molecule has 4 N–H and O–H groups in total. The average molecular weight is 949 g/mol. The van der Waals surface area contributed by atoms with Gasteiger partial charge in [0.05, 0.1) is 10.6 Å². The van der Waals surface area contributed by atoms with Crippen molar-refractivity contribution in [2.45, 2.75) is 105 Å². The highest BCUT2D eigenvalue weighted by Crippen LogP contribution is 2.37. The quantitative estimate of drug-likeness (QED) is 0.0472. The molecule has 1 aliphatic rings. The maximum atomic E-state index is 14.2. The van der Waals surface area contributed by atoms with Crippen LogP contribution in [0, 0.1) is 0 Å². The fourth-order valence-corrected chi connectivity index (χ4v) is 10.7. The van der Waals surface area contributed by atoms with Crippen molar-refractivity contribution >= 4 is 66.1 Å². The Morgan fingerprint density at radius 1 is 0.825 bits per heavy atom. The van der Waals surface area contributed by atoms with E-state index < -0.39 is 52.8 Å². The number of nitrogens with zero attached hydrogens (tertiary/aromatic N) is 1. The molecule has 0 spiro atoms. The van der Waals surface area contributed by atoms with Gasteiger partial charge in [0.2, 0.25) is 0 Å². The van der Waals surface area contributed by atoms with Crippen molar-refractivity contribution in [3.05, 3.63) is 119 Å². The van der Waals surface area contributed by atoms with E-state index in [9.17, 15) is 34.8 Å². The predicted octanol–water partition coefficient (Wildman–Crippen LogP) is 10.3. The van der Waals surface area contributed by atoms with Crippen LogP contribution in [0.1, 0.15) is 82.1 Å². The van der Waals surface area contributed by atoms with Crippen molar-refractivity contribution in [3.63, 3.8) is 0 Å². The molecule has 0 aromatic heterocycles. The van der Waals surface area contributed by atoms with Crippen molar-refractivity contribution in [3.8, 4) is 0 Å². The number of thioether (sulfide) groups is 1. The molecule has 0 unspecified atom stereocenters. The third-order valence-corrected chi connectivity index (χ3v) is 15.1. The molecule has 63 heavy (non-hydrogen) atoms. The molecule has 0 bridgehead atoms. The summed E-state index contributed by atoms with van der Waals surface area (Å²) in [6.07, 6.45) is 5.97. The normalized spacial score (nSPS) is 14.5. The number of amides is 1. The van der Waals surface area contributed by atoms with Gasteiger partial charge in [-0.15, -0.1) is 11.8 Å². The smallest absolute Gasteiger partial charge is 0.384 e. The van der Waals surface area contributed by atoms with Gasteiger partial charge in [0.15, 0.2) is 0 Å². The number of benzene rings is 4. The summed E-state index contributed by atoms with van der Waals surface area (Å²) in [7, 11) is -10.9. The molecule has 4 aromatic rings. The molecule has 1 amide bonds. The van der Waals surface area contributed by atoms with E-state index >= 15 is 0 Å². The van der Waals surface area contributed by atoms with E-state index in [2.05, 4.69) is 33.0 Å². The number of hydrogen-bond donors (Lipinski definition) is 4. The van der Waals surface area contributed by atoms with Gasteiger partial charge in [-0.05, 0) is 138 Å². The minimum Gasteiger partial charge on any atom is -0.384 e. The minimum atomic E-state index is -6.06. The third-order valence-electron chi connectivity index (χ3n) is 10.8. The molecule has 0 fully saturated rings. The van der Waals surface area contributed by atoms with Crippen LogP contribution in [0.15, 0.2) is 117 Å². The summed E-state index contributed by atoms with van der Waals surface area (Å²) in [5.74, 6) is -0.678. The van der Waals surface area contributed by atoms with E-state index in [1.807, 2.05) is 74.9 Å². The van der Waals surface area contributed by atoms with Crippen LogP contribution in [0.5, 0.6) is 0 Å². The second-order valence-corrected chi connectivity index (χ2v) is 21.2. The zero-order valence-corrected chi connectivity index (χ0v) is 39.2. The van der Waals surface area contributed by atoms with Crippen molar-refractivity contribution < 1.29 is 34.8 Å². The number of sulfonamides is 1. The molecule has 0 radical (unpaired) electrons. The summed E-state index contributed by atoms with van der Waals surface area (Å²) < 4.78 is 97.4. The molecule has 0 saturated carbocycles. The van der Waals surface area contributed by atoms with Crippen LogP contribution in [-0.2, 0) is 19.9 Å². The SMILES string of the molecule is CC(C)N(CC[C@H](CSc1ccccc1)Nc1ccc(S(=O)(=O)NC(=O)c2ccc(NCCNCC3=C(c4ccc(Cl)cc4)CCCCC3)cc2)cc1S(=O)(=O)C(F)(F)F)C(C)C. The van der Waals surface area contributed by atoms with Gasteiger partial charge in [0, 0.05) is 71.2 Å². The number of halogens is 4. The van der Waals surface area contributed by atoms with Crippen molar-refractivity contribution in [2.24, 2.45) is 0 Å². The van der Waals surface area contributed by atoms with E-state index in [4.69, 9.17) is 11.6 Å². The molecule has 1 aliphatic carbocycles. The lowest BCUT2D eigenvalue weighted by molar-refractivity contribution is -0.0435. The molecule has 17 heteroatoms. The first kappa shape index (κ1) is 49.9. The number of carbonyl (C=O) groups excluding carboxylic acids is 1. The lowest BCUT2D eigenvalue weighted by Gasteiger charge is -2.32. The van der Waals surface area contributed by atoms with E-state index in [-0.39, 0.29) is 17.6 Å². The Balaban J connectivity index is 1.25. The number of sulfone groups is 1. The predicted molar refractivity (Wildman–Crippen MR) is 250 cm³/mol. The van der Waals surface area contributed by atoms with Crippen LogP contribution < -0.4 is 20.7 Å². The van der Waals surface area contributed by atoms with E-state index in [0.717, 1.165) is 49.3 Å². The van der Waals surface area contributed by atoms with Crippen molar-refractivity contribution in [1.82, 2.24) is 14.9 Å². The minimum absolute atomic E-state index is 0.0331. The van der Waals surface area contributed by atoms with E-state index in [0.29, 0.717) is 48.6 Å².